The van der Waals surface area contributed by atoms with Gasteiger partial charge in [-0.05, 0) is 12.5 Å². The quantitative estimate of drug-likeness (QED) is 0.706. The molecule has 82 valence electrons. The molecular weight excluding hydrogens is 194 g/mol. The highest BCUT2D eigenvalue weighted by molar-refractivity contribution is 5.76. The van der Waals surface area contributed by atoms with Crippen molar-refractivity contribution >= 4 is 5.97 Å². The van der Waals surface area contributed by atoms with Crippen LogP contribution in [0.4, 0.5) is 0 Å². The van der Waals surface area contributed by atoms with Gasteiger partial charge in [-0.2, -0.15) is 0 Å². The zero-order valence-corrected chi connectivity index (χ0v) is 8.59. The average molecular weight is 209 g/mol. The van der Waals surface area contributed by atoms with Crippen LogP contribution in [0.5, 0.6) is 0 Å². The van der Waals surface area contributed by atoms with Crippen molar-refractivity contribution in [3.63, 3.8) is 0 Å². The summed E-state index contributed by atoms with van der Waals surface area (Å²) in [7, 11) is 0. The minimum atomic E-state index is -0.978. The Morgan fingerprint density at radius 2 is 2.07 bits per heavy atom. The number of esters is 1. The number of aliphatic hydroxyl groups is 1. The summed E-state index contributed by atoms with van der Waals surface area (Å²) in [4.78, 5) is 11.3. The van der Waals surface area contributed by atoms with Crippen molar-refractivity contribution in [3.05, 3.63) is 35.9 Å². The molecule has 4 nitrogen and oxygen atoms in total. The summed E-state index contributed by atoms with van der Waals surface area (Å²) in [6.07, 6.45) is -0.895. The Morgan fingerprint density at radius 3 is 2.60 bits per heavy atom. The van der Waals surface area contributed by atoms with Crippen LogP contribution in [0.3, 0.4) is 0 Å². The van der Waals surface area contributed by atoms with Gasteiger partial charge in [0, 0.05) is 0 Å². The molecule has 0 heterocycles. The van der Waals surface area contributed by atoms with E-state index in [1.165, 1.54) is 6.92 Å². The van der Waals surface area contributed by atoms with E-state index in [9.17, 15) is 4.79 Å². The lowest BCUT2D eigenvalue weighted by atomic mass is 10.2. The van der Waals surface area contributed by atoms with Crippen LogP contribution in [0.25, 0.3) is 0 Å². The van der Waals surface area contributed by atoms with Gasteiger partial charge < -0.3 is 15.6 Å². The van der Waals surface area contributed by atoms with Crippen LogP contribution in [0, 0.1) is 0 Å². The predicted octanol–water partition coefficient (Wildman–Crippen LogP) is 0.438. The van der Waals surface area contributed by atoms with Crippen molar-refractivity contribution < 1.29 is 14.6 Å². The average Bonchev–Trinajstić information content (AvgIpc) is 2.26. The number of hydrogen-bond donors (Lipinski definition) is 2. The lowest BCUT2D eigenvalue weighted by Crippen LogP contribution is -2.41. The van der Waals surface area contributed by atoms with Gasteiger partial charge in [0.15, 0.2) is 0 Å². The van der Waals surface area contributed by atoms with Crippen molar-refractivity contribution in [2.45, 2.75) is 25.7 Å². The molecule has 0 aliphatic heterocycles. The molecule has 0 aliphatic carbocycles. The first-order valence-electron chi connectivity index (χ1n) is 4.75. The van der Waals surface area contributed by atoms with Crippen molar-refractivity contribution in [2.24, 2.45) is 5.73 Å². The normalized spacial score (nSPS) is 14.3. The van der Waals surface area contributed by atoms with E-state index in [0.717, 1.165) is 5.56 Å². The standard InChI is InChI=1S/C11H15NO3/c1-8(13)10(12)11(14)15-7-9-5-3-2-4-6-9/h2-6,8,10,13H,7,12H2,1H3/t8-,10-/m1/s1. The molecule has 0 fully saturated rings. The van der Waals surface area contributed by atoms with Gasteiger partial charge in [-0.15, -0.1) is 0 Å². The van der Waals surface area contributed by atoms with E-state index in [2.05, 4.69) is 0 Å². The van der Waals surface area contributed by atoms with Crippen molar-refractivity contribution in [1.82, 2.24) is 0 Å². The number of rotatable bonds is 4. The number of hydrogen-bond acceptors (Lipinski definition) is 4. The summed E-state index contributed by atoms with van der Waals surface area (Å²) in [6, 6.07) is 8.32. The molecule has 0 aliphatic rings. The zero-order valence-electron chi connectivity index (χ0n) is 8.59. The van der Waals surface area contributed by atoms with Crippen molar-refractivity contribution in [2.75, 3.05) is 0 Å². The highest BCUT2D eigenvalue weighted by Gasteiger charge is 2.19. The minimum absolute atomic E-state index is 0.181. The molecule has 1 rings (SSSR count). The summed E-state index contributed by atoms with van der Waals surface area (Å²) in [5.74, 6) is -0.589. The second-order valence-corrected chi connectivity index (χ2v) is 3.36. The Balaban J connectivity index is 2.41. The van der Waals surface area contributed by atoms with Crippen LogP contribution in [0.2, 0.25) is 0 Å². The van der Waals surface area contributed by atoms with Gasteiger partial charge in [-0.1, -0.05) is 30.3 Å². The maximum Gasteiger partial charge on any atom is 0.325 e. The van der Waals surface area contributed by atoms with E-state index in [1.807, 2.05) is 30.3 Å². The molecule has 0 bridgehead atoms. The summed E-state index contributed by atoms with van der Waals surface area (Å²) in [5, 5.41) is 9.06. The summed E-state index contributed by atoms with van der Waals surface area (Å²) < 4.78 is 4.93. The lowest BCUT2D eigenvalue weighted by molar-refractivity contribution is -0.149. The Morgan fingerprint density at radius 1 is 1.47 bits per heavy atom. The highest BCUT2D eigenvalue weighted by Crippen LogP contribution is 2.02. The van der Waals surface area contributed by atoms with Crippen LogP contribution >= 0.6 is 0 Å². The number of ether oxygens (including phenoxy) is 1. The molecule has 0 radical (unpaired) electrons. The molecule has 0 spiro atoms. The molecular formula is C11H15NO3. The molecule has 0 aromatic heterocycles. The summed E-state index contributed by atoms with van der Waals surface area (Å²) in [6.45, 7) is 1.63. The fourth-order valence-electron chi connectivity index (χ4n) is 1.02. The molecule has 0 saturated heterocycles. The third kappa shape index (κ3) is 3.69. The Hall–Kier alpha value is -1.39. The van der Waals surface area contributed by atoms with Gasteiger partial charge >= 0.3 is 5.97 Å². The van der Waals surface area contributed by atoms with Gasteiger partial charge in [-0.25, -0.2) is 0 Å². The Kier molecular flexibility index (Phi) is 4.27. The van der Waals surface area contributed by atoms with Crippen LogP contribution in [0.1, 0.15) is 12.5 Å². The zero-order chi connectivity index (χ0) is 11.3. The number of carbonyl (C=O) groups is 1. The molecule has 0 unspecified atom stereocenters. The number of aliphatic hydroxyl groups excluding tert-OH is 1. The van der Waals surface area contributed by atoms with E-state index in [-0.39, 0.29) is 6.61 Å². The second kappa shape index (κ2) is 5.48. The Bertz CT molecular complexity index is 311. The molecule has 2 atom stereocenters. The third-order valence-electron chi connectivity index (χ3n) is 2.02. The van der Waals surface area contributed by atoms with Gasteiger partial charge in [-0.3, -0.25) is 4.79 Å². The summed E-state index contributed by atoms with van der Waals surface area (Å²) in [5.41, 5.74) is 6.29. The van der Waals surface area contributed by atoms with Gasteiger partial charge in [0.2, 0.25) is 0 Å². The maximum absolute atomic E-state index is 11.3. The second-order valence-electron chi connectivity index (χ2n) is 3.36. The van der Waals surface area contributed by atoms with Crippen LogP contribution in [0.15, 0.2) is 30.3 Å². The van der Waals surface area contributed by atoms with Crippen LogP contribution in [-0.2, 0) is 16.1 Å². The van der Waals surface area contributed by atoms with E-state index < -0.39 is 18.1 Å². The SMILES string of the molecule is C[C@@H](O)[C@@H](N)C(=O)OCc1ccccc1. The van der Waals surface area contributed by atoms with Gasteiger partial charge in [0.1, 0.15) is 12.6 Å². The molecule has 4 heteroatoms. The number of nitrogens with two attached hydrogens (primary N) is 1. The first-order valence-corrected chi connectivity index (χ1v) is 4.75. The fourth-order valence-corrected chi connectivity index (χ4v) is 1.02. The Labute approximate surface area is 88.7 Å². The lowest BCUT2D eigenvalue weighted by Gasteiger charge is -2.13. The van der Waals surface area contributed by atoms with Crippen LogP contribution in [-0.4, -0.2) is 23.2 Å². The van der Waals surface area contributed by atoms with E-state index in [1.54, 1.807) is 0 Å². The largest absolute Gasteiger partial charge is 0.460 e. The first-order chi connectivity index (χ1) is 7.11. The van der Waals surface area contributed by atoms with Crippen molar-refractivity contribution in [1.29, 1.82) is 0 Å². The predicted molar refractivity (Wildman–Crippen MR) is 55.9 cm³/mol. The topological polar surface area (TPSA) is 72.5 Å². The number of carbonyl (C=O) groups excluding carboxylic acids is 1. The van der Waals surface area contributed by atoms with E-state index in [4.69, 9.17) is 15.6 Å². The monoisotopic (exact) mass is 209 g/mol. The third-order valence-corrected chi connectivity index (χ3v) is 2.02. The van der Waals surface area contributed by atoms with E-state index in [0.29, 0.717) is 0 Å². The van der Waals surface area contributed by atoms with Gasteiger partial charge in [0.05, 0.1) is 6.10 Å². The van der Waals surface area contributed by atoms with Gasteiger partial charge in [0.25, 0.3) is 0 Å². The minimum Gasteiger partial charge on any atom is -0.460 e. The molecule has 0 saturated carbocycles. The molecule has 1 aromatic carbocycles. The van der Waals surface area contributed by atoms with Crippen molar-refractivity contribution in [3.8, 4) is 0 Å². The van der Waals surface area contributed by atoms with E-state index >= 15 is 0 Å². The van der Waals surface area contributed by atoms with Crippen LogP contribution < -0.4 is 5.73 Å². The fraction of sp³-hybridized carbons (Fsp3) is 0.364. The molecule has 3 N–H and O–H groups in total. The first kappa shape index (κ1) is 11.7. The molecule has 1 aromatic rings. The maximum atomic E-state index is 11.3. The molecule has 0 amide bonds. The number of benzene rings is 1. The smallest absolute Gasteiger partial charge is 0.325 e. The summed E-state index contributed by atoms with van der Waals surface area (Å²) >= 11 is 0. The molecule has 15 heavy (non-hydrogen) atoms. The highest BCUT2D eigenvalue weighted by atomic mass is 16.5.